The molecule has 0 fully saturated rings. The number of halogens is 1. The molecule has 0 aliphatic rings. The Balaban J connectivity index is 2.40. The van der Waals surface area contributed by atoms with Crippen molar-refractivity contribution in [2.75, 3.05) is 5.43 Å². The Morgan fingerprint density at radius 3 is 2.85 bits per heavy atom. The van der Waals surface area contributed by atoms with Gasteiger partial charge in [-0.15, -0.1) is 0 Å². The van der Waals surface area contributed by atoms with Crippen molar-refractivity contribution in [1.82, 2.24) is 9.97 Å². The Morgan fingerprint density at radius 1 is 1.50 bits per heavy atom. The van der Waals surface area contributed by atoms with Gasteiger partial charge < -0.3 is 4.74 Å². The van der Waals surface area contributed by atoms with Gasteiger partial charge in [0.05, 0.1) is 4.92 Å². The lowest BCUT2D eigenvalue weighted by atomic mass is 10.2. The van der Waals surface area contributed by atoms with Crippen molar-refractivity contribution < 1.29 is 9.66 Å². The summed E-state index contributed by atoms with van der Waals surface area (Å²) < 4.78 is 5.40. The number of nitrogens with zero attached hydrogens (tertiary/aromatic N) is 3. The molecule has 0 aliphatic heterocycles. The lowest BCUT2D eigenvalue weighted by Gasteiger charge is -2.07. The van der Waals surface area contributed by atoms with E-state index in [9.17, 15) is 10.1 Å². The van der Waals surface area contributed by atoms with Crippen LogP contribution in [0.2, 0.25) is 5.02 Å². The molecule has 1 aromatic carbocycles. The SMILES string of the molecule is Cc1cc(Oc2nc(NN)ncc2[N+](=O)[O-])ccc1Cl. The normalized spacial score (nSPS) is 10.2. The van der Waals surface area contributed by atoms with Crippen LogP contribution in [0.1, 0.15) is 5.56 Å². The van der Waals surface area contributed by atoms with E-state index in [1.807, 2.05) is 0 Å². The Kier molecular flexibility index (Phi) is 3.97. The van der Waals surface area contributed by atoms with Crippen LogP contribution in [0.5, 0.6) is 11.6 Å². The molecule has 0 atom stereocenters. The number of ether oxygens (including phenoxy) is 1. The maximum absolute atomic E-state index is 10.9. The summed E-state index contributed by atoms with van der Waals surface area (Å²) in [6.07, 6.45) is 1.01. The zero-order chi connectivity index (χ0) is 14.7. The molecule has 0 radical (unpaired) electrons. The second kappa shape index (κ2) is 5.68. The summed E-state index contributed by atoms with van der Waals surface area (Å²) >= 11 is 5.90. The van der Waals surface area contributed by atoms with Crippen LogP contribution in [0.3, 0.4) is 0 Å². The Bertz CT molecular complexity index is 665. The quantitative estimate of drug-likeness (QED) is 0.505. The second-order valence-corrected chi connectivity index (χ2v) is 4.21. The van der Waals surface area contributed by atoms with Crippen LogP contribution < -0.4 is 16.0 Å². The fourth-order valence-corrected chi connectivity index (χ4v) is 1.54. The Hall–Kier alpha value is -2.45. The summed E-state index contributed by atoms with van der Waals surface area (Å²) in [6, 6.07) is 4.85. The van der Waals surface area contributed by atoms with Crippen molar-refractivity contribution in [3.05, 3.63) is 45.1 Å². The molecule has 2 rings (SSSR count). The van der Waals surface area contributed by atoms with Crippen molar-refractivity contribution in [3.63, 3.8) is 0 Å². The molecule has 20 heavy (non-hydrogen) atoms. The highest BCUT2D eigenvalue weighted by Gasteiger charge is 2.19. The van der Waals surface area contributed by atoms with E-state index in [-0.39, 0.29) is 17.5 Å². The summed E-state index contributed by atoms with van der Waals surface area (Å²) in [7, 11) is 0. The van der Waals surface area contributed by atoms with Gasteiger partial charge >= 0.3 is 11.6 Å². The van der Waals surface area contributed by atoms with Crippen molar-refractivity contribution >= 4 is 23.2 Å². The van der Waals surface area contributed by atoms with Gasteiger partial charge in [0, 0.05) is 5.02 Å². The highest BCUT2D eigenvalue weighted by molar-refractivity contribution is 6.31. The second-order valence-electron chi connectivity index (χ2n) is 3.80. The van der Waals surface area contributed by atoms with Gasteiger partial charge in [-0.2, -0.15) is 4.98 Å². The molecular formula is C11H10ClN5O3. The largest absolute Gasteiger partial charge is 0.434 e. The predicted octanol–water partition coefficient (Wildman–Crippen LogP) is 2.42. The highest BCUT2D eigenvalue weighted by atomic mass is 35.5. The van der Waals surface area contributed by atoms with E-state index in [0.717, 1.165) is 11.8 Å². The number of benzene rings is 1. The van der Waals surface area contributed by atoms with Crippen LogP contribution >= 0.6 is 11.6 Å². The molecular weight excluding hydrogens is 286 g/mol. The van der Waals surface area contributed by atoms with Crippen LogP contribution in [0.4, 0.5) is 11.6 Å². The number of nitrogens with one attached hydrogen (secondary N) is 1. The molecule has 0 unspecified atom stereocenters. The van der Waals surface area contributed by atoms with E-state index >= 15 is 0 Å². The number of nitro groups is 1. The standard InChI is InChI=1S/C11H10ClN5O3/c1-6-4-7(2-3-8(6)12)20-10-9(17(18)19)5-14-11(15-10)16-13/h2-5H,13H2,1H3,(H,14,15,16). The Morgan fingerprint density at radius 2 is 2.25 bits per heavy atom. The molecule has 3 N–H and O–H groups in total. The number of nitrogen functional groups attached to an aromatic ring is 1. The molecule has 2 aromatic rings. The van der Waals surface area contributed by atoms with Gasteiger partial charge in [0.2, 0.25) is 5.95 Å². The fourth-order valence-electron chi connectivity index (χ4n) is 1.42. The number of hydrogen-bond donors (Lipinski definition) is 2. The zero-order valence-electron chi connectivity index (χ0n) is 10.3. The maximum Gasteiger partial charge on any atom is 0.349 e. The summed E-state index contributed by atoms with van der Waals surface area (Å²) in [4.78, 5) is 17.7. The Labute approximate surface area is 118 Å². The van der Waals surface area contributed by atoms with Crippen molar-refractivity contribution in [2.24, 2.45) is 5.84 Å². The molecule has 1 heterocycles. The number of aryl methyl sites for hydroxylation is 1. The van der Waals surface area contributed by atoms with Crippen LogP contribution in [0.15, 0.2) is 24.4 Å². The van der Waals surface area contributed by atoms with E-state index in [4.69, 9.17) is 22.2 Å². The molecule has 0 spiro atoms. The monoisotopic (exact) mass is 295 g/mol. The van der Waals surface area contributed by atoms with Crippen LogP contribution in [-0.2, 0) is 0 Å². The average Bonchev–Trinajstić information content (AvgIpc) is 2.42. The number of hydrazine groups is 1. The van der Waals surface area contributed by atoms with Crippen molar-refractivity contribution in [1.29, 1.82) is 0 Å². The molecule has 9 heteroatoms. The topological polar surface area (TPSA) is 116 Å². The third-order valence-electron chi connectivity index (χ3n) is 2.41. The van der Waals surface area contributed by atoms with E-state index in [1.165, 1.54) is 0 Å². The zero-order valence-corrected chi connectivity index (χ0v) is 11.1. The first-order valence-corrected chi connectivity index (χ1v) is 5.81. The summed E-state index contributed by atoms with van der Waals surface area (Å²) in [5.74, 6) is 5.34. The van der Waals surface area contributed by atoms with E-state index in [1.54, 1.807) is 25.1 Å². The summed E-state index contributed by atoms with van der Waals surface area (Å²) in [6.45, 7) is 1.79. The minimum absolute atomic E-state index is 0.0104. The minimum atomic E-state index is -0.640. The van der Waals surface area contributed by atoms with Gasteiger partial charge in [-0.05, 0) is 30.7 Å². The fraction of sp³-hybridized carbons (Fsp3) is 0.0909. The van der Waals surface area contributed by atoms with Crippen LogP contribution in [0, 0.1) is 17.0 Å². The first kappa shape index (κ1) is 14.0. The number of rotatable bonds is 4. The highest BCUT2D eigenvalue weighted by Crippen LogP contribution is 2.31. The van der Waals surface area contributed by atoms with Gasteiger partial charge in [0.15, 0.2) is 0 Å². The van der Waals surface area contributed by atoms with E-state index < -0.39 is 4.92 Å². The molecule has 0 bridgehead atoms. The van der Waals surface area contributed by atoms with Gasteiger partial charge in [-0.25, -0.2) is 10.8 Å². The van der Waals surface area contributed by atoms with E-state index in [2.05, 4.69) is 15.4 Å². The van der Waals surface area contributed by atoms with E-state index in [0.29, 0.717) is 10.8 Å². The molecule has 104 valence electrons. The van der Waals surface area contributed by atoms with Crippen LogP contribution in [0.25, 0.3) is 0 Å². The van der Waals surface area contributed by atoms with Gasteiger partial charge in [-0.3, -0.25) is 15.5 Å². The number of anilines is 1. The summed E-state index contributed by atoms with van der Waals surface area (Å²) in [5.41, 5.74) is 2.61. The third-order valence-corrected chi connectivity index (χ3v) is 2.83. The maximum atomic E-state index is 10.9. The molecule has 0 amide bonds. The predicted molar refractivity (Wildman–Crippen MR) is 72.8 cm³/mol. The number of hydrogen-bond acceptors (Lipinski definition) is 7. The molecule has 0 aliphatic carbocycles. The van der Waals surface area contributed by atoms with Gasteiger partial charge in [-0.1, -0.05) is 11.6 Å². The van der Waals surface area contributed by atoms with Gasteiger partial charge in [0.1, 0.15) is 11.9 Å². The molecule has 0 saturated heterocycles. The minimum Gasteiger partial charge on any atom is -0.434 e. The van der Waals surface area contributed by atoms with Crippen LogP contribution in [-0.4, -0.2) is 14.9 Å². The summed E-state index contributed by atoms with van der Waals surface area (Å²) in [5, 5.41) is 11.5. The number of aromatic nitrogens is 2. The number of nitrogens with two attached hydrogens (primary N) is 1. The molecule has 1 aromatic heterocycles. The van der Waals surface area contributed by atoms with Gasteiger partial charge in [0.25, 0.3) is 0 Å². The smallest absolute Gasteiger partial charge is 0.349 e. The lowest BCUT2D eigenvalue weighted by molar-refractivity contribution is -0.386. The molecule has 8 nitrogen and oxygen atoms in total. The third kappa shape index (κ3) is 2.92. The molecule has 0 saturated carbocycles. The van der Waals surface area contributed by atoms with Crippen molar-refractivity contribution in [2.45, 2.75) is 6.92 Å². The first-order chi connectivity index (χ1) is 9.51. The van der Waals surface area contributed by atoms with Crippen molar-refractivity contribution in [3.8, 4) is 11.6 Å². The average molecular weight is 296 g/mol. The lowest BCUT2D eigenvalue weighted by Crippen LogP contribution is -2.11. The first-order valence-electron chi connectivity index (χ1n) is 5.43.